The highest BCUT2D eigenvalue weighted by atomic mass is 16.2. The zero-order chi connectivity index (χ0) is 15.4. The maximum absolute atomic E-state index is 12.4. The van der Waals surface area contributed by atoms with E-state index in [0.29, 0.717) is 23.7 Å². The average Bonchev–Trinajstić information content (AvgIpc) is 3.10. The molecule has 2 aromatic heterocycles. The number of benzene rings is 1. The van der Waals surface area contributed by atoms with E-state index in [0.717, 1.165) is 16.8 Å². The Morgan fingerprint density at radius 2 is 1.73 bits per heavy atom. The number of rotatable bonds is 1. The van der Waals surface area contributed by atoms with Crippen LogP contribution in [0.2, 0.25) is 0 Å². The van der Waals surface area contributed by atoms with Gasteiger partial charge >= 0.3 is 5.69 Å². The fraction of sp³-hybridized carbons (Fsp3) is 0.267. The fourth-order valence-corrected chi connectivity index (χ4v) is 3.01. The van der Waals surface area contributed by atoms with Gasteiger partial charge in [-0.05, 0) is 12.1 Å². The number of hydrogen-bond donors (Lipinski definition) is 0. The van der Waals surface area contributed by atoms with Gasteiger partial charge in [-0.15, -0.1) is 0 Å². The Balaban J connectivity index is 2.03. The van der Waals surface area contributed by atoms with Gasteiger partial charge in [0.2, 0.25) is 5.95 Å². The first-order valence-electron chi connectivity index (χ1n) is 7.08. The molecule has 1 aliphatic rings. The first-order valence-corrected chi connectivity index (χ1v) is 7.08. The molecule has 0 radical (unpaired) electrons. The topological polar surface area (TPSA) is 65.1 Å². The molecule has 1 aliphatic heterocycles. The maximum Gasteiger partial charge on any atom is 0.332 e. The number of anilines is 2. The molecule has 22 heavy (non-hydrogen) atoms. The van der Waals surface area contributed by atoms with Gasteiger partial charge in [0.1, 0.15) is 0 Å². The van der Waals surface area contributed by atoms with Crippen molar-refractivity contribution >= 4 is 22.8 Å². The van der Waals surface area contributed by atoms with E-state index in [9.17, 15) is 9.59 Å². The summed E-state index contributed by atoms with van der Waals surface area (Å²) in [6, 6.07) is 9.91. The smallest absolute Gasteiger partial charge is 0.310 e. The van der Waals surface area contributed by atoms with Crippen molar-refractivity contribution in [2.75, 3.05) is 11.4 Å². The van der Waals surface area contributed by atoms with E-state index in [4.69, 9.17) is 0 Å². The van der Waals surface area contributed by atoms with Gasteiger partial charge in [0.15, 0.2) is 11.2 Å². The van der Waals surface area contributed by atoms with Crippen LogP contribution in [0.3, 0.4) is 0 Å². The fourth-order valence-electron chi connectivity index (χ4n) is 3.01. The third-order valence-corrected chi connectivity index (χ3v) is 4.18. The lowest BCUT2D eigenvalue weighted by molar-refractivity contribution is 0.700. The van der Waals surface area contributed by atoms with E-state index in [2.05, 4.69) is 9.88 Å². The Morgan fingerprint density at radius 3 is 2.45 bits per heavy atom. The second-order valence-corrected chi connectivity index (χ2v) is 5.43. The Morgan fingerprint density at radius 1 is 1.00 bits per heavy atom. The Hall–Kier alpha value is -2.83. The number of imidazole rings is 1. The lowest BCUT2D eigenvalue weighted by atomic mass is 10.3. The van der Waals surface area contributed by atoms with Gasteiger partial charge < -0.3 is 9.47 Å². The van der Waals surface area contributed by atoms with Crippen molar-refractivity contribution in [2.45, 2.75) is 6.54 Å². The minimum absolute atomic E-state index is 0.299. The van der Waals surface area contributed by atoms with Crippen LogP contribution in [-0.4, -0.2) is 25.2 Å². The van der Waals surface area contributed by atoms with Crippen molar-refractivity contribution in [3.63, 3.8) is 0 Å². The molecule has 0 fully saturated rings. The van der Waals surface area contributed by atoms with Gasteiger partial charge in [-0.1, -0.05) is 18.2 Å². The lowest BCUT2D eigenvalue weighted by Gasteiger charge is -2.15. The zero-order valence-electron chi connectivity index (χ0n) is 12.4. The summed E-state index contributed by atoms with van der Waals surface area (Å²) >= 11 is 0. The monoisotopic (exact) mass is 297 g/mol. The van der Waals surface area contributed by atoms with Crippen LogP contribution in [-0.2, 0) is 20.6 Å². The summed E-state index contributed by atoms with van der Waals surface area (Å²) in [5.41, 5.74) is 1.28. The van der Waals surface area contributed by atoms with Gasteiger partial charge in [-0.2, -0.15) is 4.98 Å². The molecule has 0 bridgehead atoms. The van der Waals surface area contributed by atoms with E-state index in [1.54, 1.807) is 7.05 Å². The molecular formula is C15H15N5O2. The van der Waals surface area contributed by atoms with Crippen LogP contribution >= 0.6 is 0 Å². The summed E-state index contributed by atoms with van der Waals surface area (Å²) in [6.07, 6.45) is 0. The number of hydrogen-bond acceptors (Lipinski definition) is 4. The molecule has 0 atom stereocenters. The molecular weight excluding hydrogens is 282 g/mol. The van der Waals surface area contributed by atoms with Gasteiger partial charge in [0.05, 0.1) is 0 Å². The lowest BCUT2D eigenvalue weighted by Crippen LogP contribution is -2.37. The summed E-state index contributed by atoms with van der Waals surface area (Å²) in [6.45, 7) is 1.43. The molecule has 3 heterocycles. The average molecular weight is 297 g/mol. The molecule has 7 heteroatoms. The van der Waals surface area contributed by atoms with E-state index in [1.165, 1.54) is 11.6 Å². The molecule has 1 aromatic carbocycles. The van der Waals surface area contributed by atoms with E-state index in [1.807, 2.05) is 34.9 Å². The number of aryl methyl sites for hydroxylation is 1. The Labute approximate surface area is 125 Å². The number of fused-ring (bicyclic) bond motifs is 3. The summed E-state index contributed by atoms with van der Waals surface area (Å²) in [7, 11) is 3.13. The van der Waals surface area contributed by atoms with Gasteiger partial charge in [-0.25, -0.2) is 4.79 Å². The highest BCUT2D eigenvalue weighted by molar-refractivity contribution is 5.77. The molecule has 0 saturated carbocycles. The van der Waals surface area contributed by atoms with Crippen molar-refractivity contribution in [1.29, 1.82) is 0 Å². The minimum Gasteiger partial charge on any atom is -0.310 e. The molecule has 7 nitrogen and oxygen atoms in total. The predicted octanol–water partition coefficient (Wildman–Crippen LogP) is 0.585. The molecule has 0 unspecified atom stereocenters. The molecule has 0 saturated heterocycles. The third kappa shape index (κ3) is 1.53. The first-order chi connectivity index (χ1) is 10.6. The molecule has 0 spiro atoms. The SMILES string of the molecule is Cn1c(=O)c2c(nc3n2CCN3c2ccccc2)n(C)c1=O. The minimum atomic E-state index is -0.361. The van der Waals surface area contributed by atoms with Gasteiger partial charge in [0, 0.05) is 32.9 Å². The molecule has 0 aliphatic carbocycles. The van der Waals surface area contributed by atoms with Crippen LogP contribution in [0.4, 0.5) is 11.6 Å². The standard InChI is InChI=1S/C15H15N5O2/c1-17-12-11(13(21)18(2)15(17)22)20-9-8-19(14(20)16-12)10-6-4-3-5-7-10/h3-7H,8-9H2,1-2H3. The predicted molar refractivity (Wildman–Crippen MR) is 83.7 cm³/mol. The maximum atomic E-state index is 12.4. The van der Waals surface area contributed by atoms with E-state index >= 15 is 0 Å². The van der Waals surface area contributed by atoms with Crippen molar-refractivity contribution in [3.8, 4) is 0 Å². The van der Waals surface area contributed by atoms with Crippen molar-refractivity contribution in [1.82, 2.24) is 18.7 Å². The Kier molecular flexibility index (Phi) is 2.53. The highest BCUT2D eigenvalue weighted by Gasteiger charge is 2.28. The van der Waals surface area contributed by atoms with Gasteiger partial charge in [-0.3, -0.25) is 13.9 Å². The van der Waals surface area contributed by atoms with Crippen LogP contribution in [0.5, 0.6) is 0 Å². The quantitative estimate of drug-likeness (QED) is 0.659. The first kappa shape index (κ1) is 12.9. The normalized spacial score (nSPS) is 13.8. The molecule has 3 aromatic rings. The summed E-state index contributed by atoms with van der Waals surface area (Å²) < 4.78 is 4.44. The number of aromatic nitrogens is 4. The second kappa shape index (κ2) is 4.33. The molecule has 0 amide bonds. The summed E-state index contributed by atoms with van der Waals surface area (Å²) in [5, 5.41) is 0. The van der Waals surface area contributed by atoms with Gasteiger partial charge in [0.25, 0.3) is 5.56 Å². The summed E-state index contributed by atoms with van der Waals surface area (Å²) in [5.74, 6) is 0.708. The van der Waals surface area contributed by atoms with Crippen LogP contribution in [0.25, 0.3) is 11.2 Å². The van der Waals surface area contributed by atoms with E-state index in [-0.39, 0.29) is 11.2 Å². The number of nitrogens with zero attached hydrogens (tertiary/aromatic N) is 5. The highest BCUT2D eigenvalue weighted by Crippen LogP contribution is 2.31. The van der Waals surface area contributed by atoms with Crippen molar-refractivity contribution in [3.05, 3.63) is 51.2 Å². The van der Waals surface area contributed by atoms with Crippen molar-refractivity contribution < 1.29 is 0 Å². The number of para-hydroxylation sites is 1. The van der Waals surface area contributed by atoms with E-state index < -0.39 is 0 Å². The third-order valence-electron chi connectivity index (χ3n) is 4.18. The van der Waals surface area contributed by atoms with Crippen LogP contribution < -0.4 is 16.1 Å². The summed E-state index contributed by atoms with van der Waals surface area (Å²) in [4.78, 5) is 31.1. The molecule has 0 N–H and O–H groups in total. The molecule has 112 valence electrons. The van der Waals surface area contributed by atoms with Crippen molar-refractivity contribution in [2.24, 2.45) is 14.1 Å². The largest absolute Gasteiger partial charge is 0.332 e. The van der Waals surface area contributed by atoms with Crippen LogP contribution in [0.15, 0.2) is 39.9 Å². The van der Waals surface area contributed by atoms with Crippen LogP contribution in [0.1, 0.15) is 0 Å². The Bertz CT molecular complexity index is 997. The van der Waals surface area contributed by atoms with Crippen LogP contribution in [0, 0.1) is 0 Å². The second-order valence-electron chi connectivity index (χ2n) is 5.43. The zero-order valence-corrected chi connectivity index (χ0v) is 12.4. The molecule has 4 rings (SSSR count).